The quantitative estimate of drug-likeness (QED) is 0.608. The minimum Gasteiger partial charge on any atom is -0.481 e. The van der Waals surface area contributed by atoms with Gasteiger partial charge in [-0.25, -0.2) is 0 Å². The molecule has 1 rings (SSSR count). The summed E-state index contributed by atoms with van der Waals surface area (Å²) in [6, 6.07) is 3.38. The summed E-state index contributed by atoms with van der Waals surface area (Å²) in [5.74, 6) is -0.814. The number of hydrogen-bond acceptors (Lipinski definition) is 2. The van der Waals surface area contributed by atoms with E-state index in [4.69, 9.17) is 5.11 Å². The number of pyridine rings is 1. The van der Waals surface area contributed by atoms with E-state index in [0.717, 1.165) is 5.56 Å². The molecule has 0 aromatic carbocycles. The average Bonchev–Trinajstić information content (AvgIpc) is 1.88. The summed E-state index contributed by atoms with van der Waals surface area (Å²) in [5.41, 5.74) is 0.780. The van der Waals surface area contributed by atoms with E-state index in [1.807, 2.05) is 0 Å². The van der Waals surface area contributed by atoms with Crippen molar-refractivity contribution in [1.29, 1.82) is 0 Å². The Kier molecular flexibility index (Phi) is 4.59. The SMILES string of the molecule is O=C(O)Cc1ccncc1.[Li]. The van der Waals surface area contributed by atoms with Crippen molar-refractivity contribution >= 4 is 24.8 Å². The maximum absolute atomic E-state index is 10.1. The van der Waals surface area contributed by atoms with Gasteiger partial charge in [-0.3, -0.25) is 9.78 Å². The smallest absolute Gasteiger partial charge is 0.307 e. The standard InChI is InChI=1S/C7H7NO2.Li/c9-7(10)5-6-1-3-8-4-2-6;/h1-4H,5H2,(H,9,10);. The Morgan fingerprint density at radius 3 is 2.45 bits per heavy atom. The third-order valence-corrected chi connectivity index (χ3v) is 1.10. The Hall–Kier alpha value is -0.783. The largest absolute Gasteiger partial charge is 0.481 e. The first kappa shape index (κ1) is 10.2. The van der Waals surface area contributed by atoms with Gasteiger partial charge in [0, 0.05) is 31.3 Å². The first-order valence-electron chi connectivity index (χ1n) is 2.90. The van der Waals surface area contributed by atoms with Crippen LogP contribution < -0.4 is 0 Å². The van der Waals surface area contributed by atoms with Crippen LogP contribution in [0.5, 0.6) is 0 Å². The summed E-state index contributed by atoms with van der Waals surface area (Å²) in [6.45, 7) is 0. The Labute approximate surface area is 76.6 Å². The summed E-state index contributed by atoms with van der Waals surface area (Å²) in [6.07, 6.45) is 3.24. The molecule has 0 atom stereocenters. The zero-order valence-corrected chi connectivity index (χ0v) is 6.32. The van der Waals surface area contributed by atoms with E-state index in [2.05, 4.69) is 4.98 Å². The molecule has 0 unspecified atom stereocenters. The molecule has 0 aliphatic heterocycles. The summed E-state index contributed by atoms with van der Waals surface area (Å²) in [7, 11) is 0. The topological polar surface area (TPSA) is 50.2 Å². The fourth-order valence-corrected chi connectivity index (χ4v) is 0.675. The van der Waals surface area contributed by atoms with Crippen molar-refractivity contribution < 1.29 is 9.90 Å². The van der Waals surface area contributed by atoms with Gasteiger partial charge in [0.2, 0.25) is 0 Å². The number of carbonyl (C=O) groups is 1. The molecule has 0 aliphatic rings. The summed E-state index contributed by atoms with van der Waals surface area (Å²) < 4.78 is 0. The maximum atomic E-state index is 10.1. The van der Waals surface area contributed by atoms with E-state index in [9.17, 15) is 4.79 Å². The molecule has 0 amide bonds. The minimum absolute atomic E-state index is 0. The van der Waals surface area contributed by atoms with E-state index in [-0.39, 0.29) is 25.3 Å². The van der Waals surface area contributed by atoms with Gasteiger partial charge in [-0.15, -0.1) is 0 Å². The molecule has 0 saturated heterocycles. The fraction of sp³-hybridized carbons (Fsp3) is 0.143. The van der Waals surface area contributed by atoms with Crippen LogP contribution in [0, 0.1) is 0 Å². The average molecular weight is 144 g/mol. The first-order chi connectivity index (χ1) is 4.79. The van der Waals surface area contributed by atoms with E-state index in [1.165, 1.54) is 0 Å². The van der Waals surface area contributed by atoms with Gasteiger partial charge in [0.25, 0.3) is 0 Å². The van der Waals surface area contributed by atoms with Crippen molar-refractivity contribution in [2.24, 2.45) is 0 Å². The molecule has 0 saturated carbocycles. The van der Waals surface area contributed by atoms with Crippen molar-refractivity contribution in [2.75, 3.05) is 0 Å². The normalized spacial score (nSPS) is 8.36. The third kappa shape index (κ3) is 3.82. The van der Waals surface area contributed by atoms with E-state index in [0.29, 0.717) is 0 Å². The summed E-state index contributed by atoms with van der Waals surface area (Å²) >= 11 is 0. The molecule has 0 bridgehead atoms. The van der Waals surface area contributed by atoms with Crippen LogP contribution in [0.3, 0.4) is 0 Å². The van der Waals surface area contributed by atoms with Crippen molar-refractivity contribution in [3.63, 3.8) is 0 Å². The van der Waals surface area contributed by atoms with Gasteiger partial charge in [-0.2, -0.15) is 0 Å². The number of aliphatic carboxylic acids is 1. The second-order valence-electron chi connectivity index (χ2n) is 1.93. The summed E-state index contributed by atoms with van der Waals surface area (Å²) in [4.78, 5) is 13.9. The van der Waals surface area contributed by atoms with Crippen LogP contribution in [0.15, 0.2) is 24.5 Å². The van der Waals surface area contributed by atoms with Gasteiger partial charge in [0.15, 0.2) is 0 Å². The van der Waals surface area contributed by atoms with Gasteiger partial charge < -0.3 is 5.11 Å². The van der Waals surface area contributed by atoms with Gasteiger partial charge in [-0.1, -0.05) is 0 Å². The molecule has 53 valence electrons. The van der Waals surface area contributed by atoms with E-state index in [1.54, 1.807) is 24.5 Å². The number of carboxylic acid groups (broad SMARTS) is 1. The molecule has 1 aromatic heterocycles. The van der Waals surface area contributed by atoms with Crippen molar-refractivity contribution in [1.82, 2.24) is 4.98 Å². The van der Waals surface area contributed by atoms with E-state index < -0.39 is 5.97 Å². The van der Waals surface area contributed by atoms with Gasteiger partial charge in [-0.05, 0) is 17.7 Å². The van der Waals surface area contributed by atoms with E-state index >= 15 is 0 Å². The van der Waals surface area contributed by atoms with Crippen LogP contribution in [0.1, 0.15) is 5.56 Å². The number of rotatable bonds is 2. The van der Waals surface area contributed by atoms with Gasteiger partial charge >= 0.3 is 5.97 Å². The van der Waals surface area contributed by atoms with Crippen molar-refractivity contribution in [3.05, 3.63) is 30.1 Å². The van der Waals surface area contributed by atoms with Crippen LogP contribution in [-0.4, -0.2) is 34.9 Å². The zero-order valence-electron chi connectivity index (χ0n) is 6.32. The second kappa shape index (κ2) is 4.95. The number of nitrogens with zero attached hydrogens (tertiary/aromatic N) is 1. The molecule has 1 heterocycles. The van der Waals surface area contributed by atoms with Crippen LogP contribution in [-0.2, 0) is 11.2 Å². The number of aromatic nitrogens is 1. The van der Waals surface area contributed by atoms with Crippen molar-refractivity contribution in [2.45, 2.75) is 6.42 Å². The fourth-order valence-electron chi connectivity index (χ4n) is 0.675. The molecule has 0 fully saturated rings. The Morgan fingerprint density at radius 1 is 1.45 bits per heavy atom. The molecule has 4 heteroatoms. The Balaban J connectivity index is 0.000001000. The number of hydrogen-bond donors (Lipinski definition) is 1. The first-order valence-corrected chi connectivity index (χ1v) is 2.90. The third-order valence-electron chi connectivity index (χ3n) is 1.10. The van der Waals surface area contributed by atoms with Crippen LogP contribution in [0.4, 0.5) is 0 Å². The molecular weight excluding hydrogens is 137 g/mol. The summed E-state index contributed by atoms with van der Waals surface area (Å²) in [5, 5.41) is 8.35. The molecule has 1 aromatic rings. The molecular formula is C7H7LiNO2. The molecule has 0 aliphatic carbocycles. The predicted molar refractivity (Wildman–Crippen MR) is 41.3 cm³/mol. The van der Waals surface area contributed by atoms with Crippen LogP contribution in [0.25, 0.3) is 0 Å². The number of carboxylic acids is 1. The Morgan fingerprint density at radius 2 is 2.00 bits per heavy atom. The second-order valence-corrected chi connectivity index (χ2v) is 1.93. The zero-order chi connectivity index (χ0) is 7.40. The molecule has 1 N–H and O–H groups in total. The molecule has 3 nitrogen and oxygen atoms in total. The van der Waals surface area contributed by atoms with Crippen LogP contribution in [0.2, 0.25) is 0 Å². The monoisotopic (exact) mass is 144 g/mol. The van der Waals surface area contributed by atoms with Gasteiger partial charge in [0.1, 0.15) is 0 Å². The van der Waals surface area contributed by atoms with Crippen molar-refractivity contribution in [3.8, 4) is 0 Å². The molecule has 0 spiro atoms. The molecule has 11 heavy (non-hydrogen) atoms. The maximum Gasteiger partial charge on any atom is 0.307 e. The van der Waals surface area contributed by atoms with Gasteiger partial charge in [0.05, 0.1) is 6.42 Å². The Bertz CT molecular complexity index is 225. The molecule has 1 radical (unpaired) electrons. The predicted octanol–water partition coefficient (Wildman–Crippen LogP) is 0.328. The minimum atomic E-state index is -0.814. The van der Waals surface area contributed by atoms with Crippen LogP contribution >= 0.6 is 0 Å².